The van der Waals surface area contributed by atoms with Gasteiger partial charge in [-0.2, -0.15) is 0 Å². The molecule has 3 aromatic rings. The van der Waals surface area contributed by atoms with E-state index in [4.69, 9.17) is 11.6 Å². The first kappa shape index (κ1) is 10.3. The van der Waals surface area contributed by atoms with E-state index in [1.807, 2.05) is 41.7 Å². The smallest absolute Gasteiger partial charge is 0.155 e. The highest BCUT2D eigenvalue weighted by Crippen LogP contribution is 2.26. The Morgan fingerprint density at radius 2 is 2.06 bits per heavy atom. The molecule has 0 spiro atoms. The van der Waals surface area contributed by atoms with E-state index >= 15 is 0 Å². The molecule has 3 rings (SSSR count). The average molecular weight is 244 g/mol. The molecule has 0 amide bonds. The van der Waals surface area contributed by atoms with E-state index in [0.29, 0.717) is 5.15 Å². The summed E-state index contributed by atoms with van der Waals surface area (Å²) in [4.78, 5) is 8.52. The Morgan fingerprint density at radius 3 is 2.82 bits per heavy atom. The number of aryl methyl sites for hydroxylation is 1. The van der Waals surface area contributed by atoms with Gasteiger partial charge in [-0.1, -0.05) is 17.7 Å². The van der Waals surface area contributed by atoms with Crippen LogP contribution in [-0.2, 0) is 0 Å². The van der Waals surface area contributed by atoms with E-state index in [1.54, 1.807) is 12.4 Å². The summed E-state index contributed by atoms with van der Waals surface area (Å²) in [6.45, 7) is 2.03. The van der Waals surface area contributed by atoms with Crippen LogP contribution in [0.2, 0.25) is 5.15 Å². The SMILES string of the molecule is Cc1cccc2c(Cl)nc(-c3cccnc3)n12. The van der Waals surface area contributed by atoms with Crippen LogP contribution in [-0.4, -0.2) is 14.4 Å². The molecule has 0 N–H and O–H groups in total. The third kappa shape index (κ3) is 1.59. The largest absolute Gasteiger partial charge is 0.295 e. The van der Waals surface area contributed by atoms with Gasteiger partial charge in [0.15, 0.2) is 5.15 Å². The van der Waals surface area contributed by atoms with Gasteiger partial charge < -0.3 is 0 Å². The molecule has 3 aromatic heterocycles. The molecular formula is C13H10ClN3. The van der Waals surface area contributed by atoms with Crippen molar-refractivity contribution in [2.75, 3.05) is 0 Å². The van der Waals surface area contributed by atoms with E-state index in [2.05, 4.69) is 9.97 Å². The Bertz CT molecular complexity index is 674. The molecule has 3 nitrogen and oxygen atoms in total. The number of hydrogen-bond acceptors (Lipinski definition) is 2. The zero-order valence-corrected chi connectivity index (χ0v) is 10.0. The molecule has 0 aliphatic heterocycles. The van der Waals surface area contributed by atoms with Crippen LogP contribution in [0.25, 0.3) is 16.9 Å². The number of hydrogen-bond donors (Lipinski definition) is 0. The zero-order valence-electron chi connectivity index (χ0n) is 9.26. The maximum atomic E-state index is 6.15. The van der Waals surface area contributed by atoms with Crippen molar-refractivity contribution in [3.8, 4) is 11.4 Å². The lowest BCUT2D eigenvalue weighted by atomic mass is 10.2. The predicted octanol–water partition coefficient (Wildman–Crippen LogP) is 3.36. The van der Waals surface area contributed by atoms with Crippen molar-refractivity contribution in [3.63, 3.8) is 0 Å². The number of nitrogens with zero attached hydrogens (tertiary/aromatic N) is 3. The first-order valence-electron chi connectivity index (χ1n) is 5.31. The molecule has 0 saturated carbocycles. The van der Waals surface area contributed by atoms with E-state index in [-0.39, 0.29) is 0 Å². The minimum atomic E-state index is 0.521. The van der Waals surface area contributed by atoms with Crippen LogP contribution in [0.5, 0.6) is 0 Å². The highest BCUT2D eigenvalue weighted by Gasteiger charge is 2.12. The minimum absolute atomic E-state index is 0.521. The summed E-state index contributed by atoms with van der Waals surface area (Å²) < 4.78 is 2.04. The third-order valence-corrected chi connectivity index (χ3v) is 3.01. The second kappa shape index (κ2) is 3.86. The van der Waals surface area contributed by atoms with E-state index in [1.165, 1.54) is 0 Å². The fraction of sp³-hybridized carbons (Fsp3) is 0.0769. The standard InChI is InChI=1S/C13H10ClN3/c1-9-4-2-6-11-12(14)16-13(17(9)11)10-5-3-7-15-8-10/h2-8H,1H3. The number of aromatic nitrogens is 3. The van der Waals surface area contributed by atoms with Crippen molar-refractivity contribution in [2.24, 2.45) is 0 Å². The maximum absolute atomic E-state index is 6.15. The lowest BCUT2D eigenvalue weighted by Gasteiger charge is -2.04. The van der Waals surface area contributed by atoms with Gasteiger partial charge in [-0.05, 0) is 31.2 Å². The number of rotatable bonds is 1. The van der Waals surface area contributed by atoms with Gasteiger partial charge in [-0.3, -0.25) is 9.38 Å². The van der Waals surface area contributed by atoms with Gasteiger partial charge >= 0.3 is 0 Å². The van der Waals surface area contributed by atoms with Crippen LogP contribution in [0.3, 0.4) is 0 Å². The molecular weight excluding hydrogens is 234 g/mol. The molecule has 0 unspecified atom stereocenters. The first-order valence-corrected chi connectivity index (χ1v) is 5.69. The summed E-state index contributed by atoms with van der Waals surface area (Å²) >= 11 is 6.15. The highest BCUT2D eigenvalue weighted by molar-refractivity contribution is 6.32. The predicted molar refractivity (Wildman–Crippen MR) is 68.2 cm³/mol. The summed E-state index contributed by atoms with van der Waals surface area (Å²) in [6.07, 6.45) is 3.53. The Morgan fingerprint density at radius 1 is 1.18 bits per heavy atom. The lowest BCUT2D eigenvalue weighted by Crippen LogP contribution is -1.93. The number of pyridine rings is 2. The number of imidazole rings is 1. The van der Waals surface area contributed by atoms with Gasteiger partial charge in [-0.25, -0.2) is 4.98 Å². The summed E-state index contributed by atoms with van der Waals surface area (Å²) in [5.41, 5.74) is 2.98. The molecule has 17 heavy (non-hydrogen) atoms. The van der Waals surface area contributed by atoms with Crippen molar-refractivity contribution in [1.82, 2.24) is 14.4 Å². The molecule has 3 heterocycles. The van der Waals surface area contributed by atoms with Gasteiger partial charge in [0.25, 0.3) is 0 Å². The second-order valence-corrected chi connectivity index (χ2v) is 4.21. The van der Waals surface area contributed by atoms with Gasteiger partial charge in [0.05, 0.1) is 5.52 Å². The van der Waals surface area contributed by atoms with Gasteiger partial charge in [0.1, 0.15) is 5.82 Å². The summed E-state index contributed by atoms with van der Waals surface area (Å²) in [5.74, 6) is 0.830. The normalized spacial score (nSPS) is 10.9. The molecule has 0 aromatic carbocycles. The van der Waals surface area contributed by atoms with Crippen molar-refractivity contribution >= 4 is 17.1 Å². The zero-order chi connectivity index (χ0) is 11.8. The Balaban J connectivity index is 2.38. The van der Waals surface area contributed by atoms with Crippen LogP contribution in [0.15, 0.2) is 42.7 Å². The van der Waals surface area contributed by atoms with Crippen molar-refractivity contribution in [2.45, 2.75) is 6.92 Å². The molecule has 0 aliphatic carbocycles. The van der Waals surface area contributed by atoms with Crippen molar-refractivity contribution in [1.29, 1.82) is 0 Å². The molecule has 0 saturated heterocycles. The molecule has 0 radical (unpaired) electrons. The number of halogens is 1. The first-order chi connectivity index (χ1) is 8.27. The van der Waals surface area contributed by atoms with Crippen LogP contribution in [0.4, 0.5) is 0 Å². The second-order valence-electron chi connectivity index (χ2n) is 3.86. The van der Waals surface area contributed by atoms with Crippen LogP contribution >= 0.6 is 11.6 Å². The molecule has 0 fully saturated rings. The van der Waals surface area contributed by atoms with Crippen molar-refractivity contribution in [3.05, 3.63) is 53.6 Å². The van der Waals surface area contributed by atoms with Crippen LogP contribution < -0.4 is 0 Å². The van der Waals surface area contributed by atoms with Gasteiger partial charge in [0.2, 0.25) is 0 Å². The highest BCUT2D eigenvalue weighted by atomic mass is 35.5. The summed E-state index contributed by atoms with van der Waals surface area (Å²) in [6, 6.07) is 9.84. The average Bonchev–Trinajstić information content (AvgIpc) is 2.70. The molecule has 0 bridgehead atoms. The van der Waals surface area contributed by atoms with Crippen molar-refractivity contribution < 1.29 is 0 Å². The molecule has 4 heteroatoms. The summed E-state index contributed by atoms with van der Waals surface area (Å²) in [7, 11) is 0. The van der Waals surface area contributed by atoms with Gasteiger partial charge in [0, 0.05) is 23.7 Å². The van der Waals surface area contributed by atoms with E-state index in [0.717, 1.165) is 22.6 Å². The van der Waals surface area contributed by atoms with E-state index in [9.17, 15) is 0 Å². The monoisotopic (exact) mass is 243 g/mol. The Kier molecular flexibility index (Phi) is 2.34. The van der Waals surface area contributed by atoms with Crippen LogP contribution in [0, 0.1) is 6.92 Å². The van der Waals surface area contributed by atoms with E-state index < -0.39 is 0 Å². The molecule has 0 aliphatic rings. The Labute approximate surface area is 104 Å². The van der Waals surface area contributed by atoms with Crippen LogP contribution in [0.1, 0.15) is 5.69 Å². The fourth-order valence-electron chi connectivity index (χ4n) is 1.95. The third-order valence-electron chi connectivity index (χ3n) is 2.73. The lowest BCUT2D eigenvalue weighted by molar-refractivity contribution is 1.08. The summed E-state index contributed by atoms with van der Waals surface area (Å²) in [5, 5.41) is 0.521. The molecule has 84 valence electrons. The minimum Gasteiger partial charge on any atom is -0.295 e. The quantitative estimate of drug-likeness (QED) is 0.656. The topological polar surface area (TPSA) is 30.2 Å². The van der Waals surface area contributed by atoms with Gasteiger partial charge in [-0.15, -0.1) is 0 Å². The Hall–Kier alpha value is -1.87. The fourth-order valence-corrected chi connectivity index (χ4v) is 2.18. The number of fused-ring (bicyclic) bond motifs is 1. The molecule has 0 atom stereocenters. The maximum Gasteiger partial charge on any atom is 0.155 e.